The molecule has 1 fully saturated rings. The number of carbonyl (C=O) groups excluding carboxylic acids is 2. The molecule has 4 N–H and O–H groups in total. The van der Waals surface area contributed by atoms with Crippen LogP contribution < -0.4 is 11.5 Å². The number of rotatable bonds is 13. The Hall–Kier alpha value is -3.54. The molecule has 6 nitrogen and oxygen atoms in total. The summed E-state index contributed by atoms with van der Waals surface area (Å²) in [6, 6.07) is 12.1. The highest BCUT2D eigenvalue weighted by atomic mass is 16.5. The van der Waals surface area contributed by atoms with E-state index >= 15 is 0 Å². The molecule has 0 spiro atoms. The fraction of sp³-hybridized carbons (Fsp3) is 0.419. The fourth-order valence-corrected chi connectivity index (χ4v) is 4.68. The predicted molar refractivity (Wildman–Crippen MR) is 150 cm³/mol. The number of hydrogen-bond acceptors (Lipinski definition) is 6. The molecule has 1 aliphatic rings. The first-order chi connectivity index (χ1) is 17.9. The highest BCUT2D eigenvalue weighted by Gasteiger charge is 2.24. The molecule has 0 aliphatic heterocycles. The maximum absolute atomic E-state index is 12.6. The van der Waals surface area contributed by atoms with Gasteiger partial charge < -0.3 is 20.9 Å². The lowest BCUT2D eigenvalue weighted by molar-refractivity contribution is -0.138. The average Bonchev–Trinajstić information content (AvgIpc) is 2.91. The number of allylic oxidation sites excluding steroid dienone is 1. The minimum absolute atomic E-state index is 0.000291. The standard InChI is InChI=1S/C31H40N2O4/c1-2-3-4-5-6-7-8-23-11-17-28(18-12-23)37-31(35)25-14-9-24(10-15-25)13-20-30(34)36-22-26-21-27(32)16-19-29(26)33/h2,9-10,13-16,19-21,23,28H,1,3-8,11-12,17-18,22,32-33H2. The Balaban J connectivity index is 1.36. The van der Waals surface area contributed by atoms with Gasteiger partial charge in [0.05, 0.1) is 5.56 Å². The van der Waals surface area contributed by atoms with Crippen LogP contribution in [0.4, 0.5) is 11.4 Å². The van der Waals surface area contributed by atoms with Crippen LogP contribution in [0, 0.1) is 5.92 Å². The van der Waals surface area contributed by atoms with Gasteiger partial charge in [0, 0.05) is 23.0 Å². The van der Waals surface area contributed by atoms with Crippen molar-refractivity contribution in [3.05, 3.63) is 77.9 Å². The summed E-state index contributed by atoms with van der Waals surface area (Å²) in [5.41, 5.74) is 14.7. The molecule has 0 amide bonds. The molecule has 0 atom stereocenters. The molecule has 6 heteroatoms. The first kappa shape index (κ1) is 28.0. The molecule has 2 aromatic rings. The van der Waals surface area contributed by atoms with E-state index in [0.717, 1.165) is 43.6 Å². The van der Waals surface area contributed by atoms with Gasteiger partial charge in [0.1, 0.15) is 12.7 Å². The zero-order valence-electron chi connectivity index (χ0n) is 21.7. The number of ether oxygens (including phenoxy) is 2. The van der Waals surface area contributed by atoms with Gasteiger partial charge >= 0.3 is 11.9 Å². The van der Waals surface area contributed by atoms with Gasteiger partial charge in [-0.05, 0) is 86.4 Å². The molecule has 0 aromatic heterocycles. The minimum Gasteiger partial charge on any atom is -0.459 e. The smallest absolute Gasteiger partial charge is 0.338 e. The van der Waals surface area contributed by atoms with Crippen molar-refractivity contribution < 1.29 is 19.1 Å². The van der Waals surface area contributed by atoms with E-state index in [2.05, 4.69) is 6.58 Å². The molecule has 0 radical (unpaired) electrons. The van der Waals surface area contributed by atoms with E-state index in [9.17, 15) is 9.59 Å². The number of esters is 2. The van der Waals surface area contributed by atoms with Gasteiger partial charge in [0.25, 0.3) is 0 Å². The lowest BCUT2D eigenvalue weighted by atomic mass is 9.84. The van der Waals surface area contributed by atoms with Crippen LogP contribution in [0.1, 0.15) is 85.7 Å². The van der Waals surface area contributed by atoms with Crippen LogP contribution in [-0.4, -0.2) is 18.0 Å². The fourth-order valence-electron chi connectivity index (χ4n) is 4.68. The number of nitrogen functional groups attached to an aromatic ring is 2. The van der Waals surface area contributed by atoms with E-state index in [4.69, 9.17) is 20.9 Å². The van der Waals surface area contributed by atoms with Crippen LogP contribution in [0.25, 0.3) is 6.08 Å². The van der Waals surface area contributed by atoms with Crippen LogP contribution in [0.5, 0.6) is 0 Å². The summed E-state index contributed by atoms with van der Waals surface area (Å²) in [7, 11) is 0. The third-order valence-electron chi connectivity index (χ3n) is 6.93. The second kappa shape index (κ2) is 14.9. The molecule has 1 saturated carbocycles. The Morgan fingerprint density at radius 1 is 0.946 bits per heavy atom. The molecular formula is C31H40N2O4. The number of carbonyl (C=O) groups is 2. The highest BCUT2D eigenvalue weighted by Crippen LogP contribution is 2.30. The molecule has 0 heterocycles. The summed E-state index contributed by atoms with van der Waals surface area (Å²) in [4.78, 5) is 24.7. The second-order valence-electron chi connectivity index (χ2n) is 9.85. The van der Waals surface area contributed by atoms with Crippen molar-refractivity contribution in [3.63, 3.8) is 0 Å². The summed E-state index contributed by atoms with van der Waals surface area (Å²) in [5, 5.41) is 0. The third kappa shape index (κ3) is 9.79. The SMILES string of the molecule is C=CCCCCCCC1CCC(OC(=O)c2ccc(C=CC(=O)OCc3cc(N)ccc3N)cc2)CC1. The van der Waals surface area contributed by atoms with E-state index in [1.807, 2.05) is 6.08 Å². The van der Waals surface area contributed by atoms with E-state index < -0.39 is 5.97 Å². The van der Waals surface area contributed by atoms with Crippen molar-refractivity contribution in [2.75, 3.05) is 11.5 Å². The monoisotopic (exact) mass is 504 g/mol. The maximum atomic E-state index is 12.6. The highest BCUT2D eigenvalue weighted by molar-refractivity contribution is 5.90. The van der Waals surface area contributed by atoms with Gasteiger partial charge in [-0.2, -0.15) is 0 Å². The van der Waals surface area contributed by atoms with E-state index in [1.54, 1.807) is 48.5 Å². The number of hydrogen-bond donors (Lipinski definition) is 2. The largest absolute Gasteiger partial charge is 0.459 e. The first-order valence-electron chi connectivity index (χ1n) is 13.3. The van der Waals surface area contributed by atoms with Gasteiger partial charge in [-0.25, -0.2) is 9.59 Å². The summed E-state index contributed by atoms with van der Waals surface area (Å²) >= 11 is 0. The Morgan fingerprint density at radius 3 is 2.41 bits per heavy atom. The van der Waals surface area contributed by atoms with Crippen LogP contribution in [0.3, 0.4) is 0 Å². The van der Waals surface area contributed by atoms with Crippen molar-refractivity contribution in [2.45, 2.75) is 76.9 Å². The van der Waals surface area contributed by atoms with Crippen molar-refractivity contribution in [2.24, 2.45) is 5.92 Å². The van der Waals surface area contributed by atoms with Crippen LogP contribution in [0.15, 0.2) is 61.2 Å². The molecular weight excluding hydrogens is 464 g/mol. The van der Waals surface area contributed by atoms with E-state index in [0.29, 0.717) is 22.5 Å². The zero-order valence-corrected chi connectivity index (χ0v) is 21.7. The molecule has 198 valence electrons. The Kier molecular flexibility index (Phi) is 11.3. The van der Waals surface area contributed by atoms with Crippen LogP contribution in [0.2, 0.25) is 0 Å². The Labute approximate surface area is 220 Å². The molecule has 0 bridgehead atoms. The van der Waals surface area contributed by atoms with Gasteiger partial charge in [0.15, 0.2) is 0 Å². The minimum atomic E-state index is -0.492. The van der Waals surface area contributed by atoms with Gasteiger partial charge in [-0.1, -0.05) is 43.9 Å². The average molecular weight is 505 g/mol. The number of nitrogens with two attached hydrogens (primary N) is 2. The predicted octanol–water partition coefficient (Wildman–Crippen LogP) is 6.85. The molecule has 1 aliphatic carbocycles. The normalized spacial score (nSPS) is 17.4. The van der Waals surface area contributed by atoms with Crippen molar-refractivity contribution >= 4 is 29.4 Å². The molecule has 0 unspecified atom stereocenters. The van der Waals surface area contributed by atoms with Crippen LogP contribution >= 0.6 is 0 Å². The first-order valence-corrected chi connectivity index (χ1v) is 13.3. The topological polar surface area (TPSA) is 105 Å². The summed E-state index contributed by atoms with van der Waals surface area (Å²) in [6.45, 7) is 3.82. The second-order valence-corrected chi connectivity index (χ2v) is 9.85. The van der Waals surface area contributed by atoms with Crippen molar-refractivity contribution in [1.82, 2.24) is 0 Å². The van der Waals surface area contributed by atoms with Gasteiger partial charge in [0.2, 0.25) is 0 Å². The van der Waals surface area contributed by atoms with Crippen LogP contribution in [-0.2, 0) is 20.9 Å². The van der Waals surface area contributed by atoms with E-state index in [1.165, 1.54) is 38.2 Å². The molecule has 3 rings (SSSR count). The lowest BCUT2D eigenvalue weighted by Gasteiger charge is -2.28. The maximum Gasteiger partial charge on any atom is 0.338 e. The lowest BCUT2D eigenvalue weighted by Crippen LogP contribution is -2.24. The third-order valence-corrected chi connectivity index (χ3v) is 6.93. The quantitative estimate of drug-likeness (QED) is 0.102. The van der Waals surface area contributed by atoms with Crippen molar-refractivity contribution in [3.8, 4) is 0 Å². The zero-order chi connectivity index (χ0) is 26.5. The Morgan fingerprint density at radius 2 is 1.68 bits per heavy atom. The molecule has 37 heavy (non-hydrogen) atoms. The van der Waals surface area contributed by atoms with Crippen molar-refractivity contribution in [1.29, 1.82) is 0 Å². The van der Waals surface area contributed by atoms with Gasteiger partial charge in [-0.15, -0.1) is 6.58 Å². The summed E-state index contributed by atoms with van der Waals surface area (Å²) < 4.78 is 11.0. The number of unbranched alkanes of at least 4 members (excludes halogenated alkanes) is 4. The molecule has 2 aromatic carbocycles. The number of anilines is 2. The number of benzene rings is 2. The van der Waals surface area contributed by atoms with E-state index in [-0.39, 0.29) is 18.7 Å². The summed E-state index contributed by atoms with van der Waals surface area (Å²) in [5.74, 6) is -0.0239. The summed E-state index contributed by atoms with van der Waals surface area (Å²) in [6.07, 6.45) is 16.7. The van der Waals surface area contributed by atoms with Gasteiger partial charge in [-0.3, -0.25) is 0 Å². The Bertz CT molecular complexity index is 1050. The molecule has 0 saturated heterocycles.